The van der Waals surface area contributed by atoms with Crippen molar-refractivity contribution in [2.45, 2.75) is 25.9 Å². The Morgan fingerprint density at radius 3 is 2.53 bits per heavy atom. The lowest BCUT2D eigenvalue weighted by atomic mass is 10.00. The lowest BCUT2D eigenvalue weighted by Gasteiger charge is -2.29. The van der Waals surface area contributed by atoms with E-state index in [9.17, 15) is 4.39 Å². The van der Waals surface area contributed by atoms with Gasteiger partial charge >= 0.3 is 0 Å². The third-order valence-corrected chi connectivity index (χ3v) is 6.35. The molecule has 5 rings (SSSR count). The first kappa shape index (κ1) is 20.4. The highest BCUT2D eigenvalue weighted by molar-refractivity contribution is 7.80. The van der Waals surface area contributed by atoms with Crippen LogP contribution in [0.25, 0.3) is 5.69 Å². The summed E-state index contributed by atoms with van der Waals surface area (Å²) in [6.07, 6.45) is 3.75. The summed E-state index contributed by atoms with van der Waals surface area (Å²) in [5.74, 6) is -0.269. The lowest BCUT2D eigenvalue weighted by Crippen LogP contribution is -2.30. The topological polar surface area (TPSA) is 33.1 Å². The summed E-state index contributed by atoms with van der Waals surface area (Å²) < 4.78 is 16.0. The molecule has 0 saturated carbocycles. The van der Waals surface area contributed by atoms with E-state index >= 15 is 0 Å². The van der Waals surface area contributed by atoms with E-state index in [4.69, 9.17) is 12.2 Å². The molecule has 1 aliphatic heterocycles. The molecule has 0 bridgehead atoms. The van der Waals surface area contributed by atoms with E-state index in [2.05, 4.69) is 53.3 Å². The van der Waals surface area contributed by atoms with Crippen LogP contribution in [-0.2, 0) is 0 Å². The van der Waals surface area contributed by atoms with Crippen molar-refractivity contribution < 1.29 is 4.39 Å². The van der Waals surface area contributed by atoms with Crippen LogP contribution in [0.4, 0.5) is 10.1 Å². The van der Waals surface area contributed by atoms with E-state index < -0.39 is 0 Å². The van der Waals surface area contributed by atoms with Crippen LogP contribution in [0.2, 0.25) is 0 Å². The highest BCUT2D eigenvalue weighted by Crippen LogP contribution is 2.42. The molecule has 0 unspecified atom stereocenters. The molecule has 0 radical (unpaired) electrons. The van der Waals surface area contributed by atoms with Crippen molar-refractivity contribution >= 4 is 23.0 Å². The van der Waals surface area contributed by atoms with Crippen LogP contribution in [0.15, 0.2) is 85.2 Å². The summed E-state index contributed by atoms with van der Waals surface area (Å²) in [7, 11) is 0. The summed E-state index contributed by atoms with van der Waals surface area (Å²) in [6, 6.07) is 22.6. The molecule has 2 aromatic heterocycles. The number of thiocarbonyl (C=S) groups is 1. The molecule has 0 amide bonds. The van der Waals surface area contributed by atoms with E-state index in [1.165, 1.54) is 17.2 Å². The molecular formula is C26H23FN4S. The number of nitrogens with one attached hydrogen (secondary N) is 1. The maximum absolute atomic E-state index is 14.0. The molecule has 1 saturated heterocycles. The number of hydrogen-bond acceptors (Lipinski definition) is 2. The third kappa shape index (κ3) is 3.56. The molecule has 1 fully saturated rings. The number of anilines is 1. The number of aryl methyl sites for hydroxylation is 2. The summed E-state index contributed by atoms with van der Waals surface area (Å²) in [5.41, 5.74) is 6.11. The second-order valence-corrected chi connectivity index (χ2v) is 8.43. The second kappa shape index (κ2) is 8.20. The fourth-order valence-corrected chi connectivity index (χ4v) is 4.65. The van der Waals surface area contributed by atoms with Gasteiger partial charge in [0.25, 0.3) is 0 Å². The highest BCUT2D eigenvalue weighted by Gasteiger charge is 2.42. The van der Waals surface area contributed by atoms with E-state index in [1.54, 1.807) is 18.3 Å². The zero-order valence-corrected chi connectivity index (χ0v) is 18.7. The smallest absolute Gasteiger partial charge is 0.174 e. The summed E-state index contributed by atoms with van der Waals surface area (Å²) in [6.45, 7) is 4.20. The van der Waals surface area contributed by atoms with Crippen molar-refractivity contribution in [1.82, 2.24) is 14.9 Å². The molecule has 6 heteroatoms. The van der Waals surface area contributed by atoms with Crippen molar-refractivity contribution in [3.63, 3.8) is 0 Å². The number of hydrogen-bond donors (Lipinski definition) is 1. The number of nitrogens with zero attached hydrogens (tertiary/aromatic N) is 3. The Morgan fingerprint density at radius 2 is 1.78 bits per heavy atom. The van der Waals surface area contributed by atoms with Crippen molar-refractivity contribution in [2.24, 2.45) is 0 Å². The highest BCUT2D eigenvalue weighted by atomic mass is 32.1. The Bertz CT molecular complexity index is 1280. The Labute approximate surface area is 192 Å². The van der Waals surface area contributed by atoms with Gasteiger partial charge < -0.3 is 14.8 Å². The van der Waals surface area contributed by atoms with Gasteiger partial charge in [0.1, 0.15) is 11.9 Å². The van der Waals surface area contributed by atoms with Crippen LogP contribution in [0.3, 0.4) is 0 Å². The molecule has 3 heterocycles. The Hall–Kier alpha value is -3.51. The minimum Gasteiger partial charge on any atom is -0.351 e. The Morgan fingerprint density at radius 1 is 0.906 bits per heavy atom. The monoisotopic (exact) mass is 442 g/mol. The minimum atomic E-state index is -0.269. The van der Waals surface area contributed by atoms with Crippen molar-refractivity contribution in [3.8, 4) is 5.69 Å². The summed E-state index contributed by atoms with van der Waals surface area (Å²) in [4.78, 5) is 6.76. The molecule has 2 atom stereocenters. The van der Waals surface area contributed by atoms with Gasteiger partial charge in [0, 0.05) is 29.5 Å². The molecule has 160 valence electrons. The van der Waals surface area contributed by atoms with Gasteiger partial charge in [0.05, 0.1) is 11.7 Å². The first-order chi connectivity index (χ1) is 15.5. The van der Waals surface area contributed by atoms with E-state index in [1.807, 2.05) is 41.1 Å². The molecule has 2 aromatic carbocycles. The molecule has 0 spiro atoms. The SMILES string of the molecule is Cc1ccc(N2C(=S)N[C@@H](c3ccccn3)[C@@H]2c2cccn2-c2cccc(F)c2)cc1C. The number of aromatic nitrogens is 2. The van der Waals surface area contributed by atoms with Crippen LogP contribution in [0, 0.1) is 19.7 Å². The number of rotatable bonds is 4. The summed E-state index contributed by atoms with van der Waals surface area (Å²) in [5, 5.41) is 4.13. The Balaban J connectivity index is 1.68. The van der Waals surface area contributed by atoms with Gasteiger partial charge in [-0.15, -0.1) is 0 Å². The number of pyridine rings is 1. The average molecular weight is 443 g/mol. The fourth-order valence-electron chi connectivity index (χ4n) is 4.31. The second-order valence-electron chi connectivity index (χ2n) is 8.05. The van der Waals surface area contributed by atoms with Gasteiger partial charge in [0.15, 0.2) is 5.11 Å². The molecule has 0 aliphatic carbocycles. The van der Waals surface area contributed by atoms with Gasteiger partial charge in [0.2, 0.25) is 0 Å². The van der Waals surface area contributed by atoms with Crippen LogP contribution >= 0.6 is 12.2 Å². The first-order valence-corrected chi connectivity index (χ1v) is 10.9. The molecule has 4 aromatic rings. The molecule has 4 nitrogen and oxygen atoms in total. The van der Waals surface area contributed by atoms with Gasteiger partial charge in [-0.25, -0.2) is 4.39 Å². The quantitative estimate of drug-likeness (QED) is 0.405. The van der Waals surface area contributed by atoms with Crippen molar-refractivity contribution in [3.05, 3.63) is 114 Å². The normalized spacial score (nSPS) is 18.1. The predicted molar refractivity (Wildman–Crippen MR) is 130 cm³/mol. The number of benzene rings is 2. The zero-order valence-electron chi connectivity index (χ0n) is 17.9. The largest absolute Gasteiger partial charge is 0.351 e. The van der Waals surface area contributed by atoms with Gasteiger partial charge in [-0.05, 0) is 91.8 Å². The van der Waals surface area contributed by atoms with Gasteiger partial charge in [-0.1, -0.05) is 18.2 Å². The van der Waals surface area contributed by atoms with Crippen LogP contribution in [0.5, 0.6) is 0 Å². The first-order valence-electron chi connectivity index (χ1n) is 10.5. The summed E-state index contributed by atoms with van der Waals surface area (Å²) >= 11 is 5.83. The van der Waals surface area contributed by atoms with Crippen molar-refractivity contribution in [2.75, 3.05) is 4.90 Å². The molecule has 1 N–H and O–H groups in total. The van der Waals surface area contributed by atoms with Crippen molar-refractivity contribution in [1.29, 1.82) is 0 Å². The molecule has 32 heavy (non-hydrogen) atoms. The van der Waals surface area contributed by atoms with E-state index in [-0.39, 0.29) is 17.9 Å². The Kier molecular flexibility index (Phi) is 5.23. The third-order valence-electron chi connectivity index (χ3n) is 6.04. The van der Waals surface area contributed by atoms with Crippen LogP contribution in [-0.4, -0.2) is 14.7 Å². The van der Waals surface area contributed by atoms with Gasteiger partial charge in [-0.2, -0.15) is 0 Å². The lowest BCUT2D eigenvalue weighted by molar-refractivity contribution is 0.548. The molecule has 1 aliphatic rings. The average Bonchev–Trinajstić information content (AvgIpc) is 3.40. The maximum atomic E-state index is 14.0. The standard InChI is InChI=1S/C26H23FN4S/c1-17-11-12-21(15-18(17)2)31-25(24(29-26(31)32)22-9-3-4-13-28-22)23-10-6-14-30(23)20-8-5-7-19(27)16-20/h3-16,24-25H,1-2H3,(H,29,32)/t24-,25-/m0/s1. The van der Waals surface area contributed by atoms with Crippen LogP contribution in [0.1, 0.15) is 34.6 Å². The zero-order chi connectivity index (χ0) is 22.2. The maximum Gasteiger partial charge on any atom is 0.174 e. The van der Waals surface area contributed by atoms with E-state index in [0.717, 1.165) is 22.8 Å². The predicted octanol–water partition coefficient (Wildman–Crippen LogP) is 5.81. The van der Waals surface area contributed by atoms with Gasteiger partial charge in [-0.3, -0.25) is 4.98 Å². The fraction of sp³-hybridized carbons (Fsp3) is 0.154. The number of halogens is 1. The van der Waals surface area contributed by atoms with Crippen LogP contribution < -0.4 is 10.2 Å². The van der Waals surface area contributed by atoms with E-state index in [0.29, 0.717) is 5.11 Å². The molecular weight excluding hydrogens is 419 g/mol. The minimum absolute atomic E-state index is 0.160.